The molecule has 0 spiro atoms. The molecule has 0 aromatic rings. The number of nitriles is 1. The van der Waals surface area contributed by atoms with Gasteiger partial charge in [0.1, 0.15) is 5.70 Å². The summed E-state index contributed by atoms with van der Waals surface area (Å²) in [6.07, 6.45) is 0.350. The van der Waals surface area contributed by atoms with Crippen molar-refractivity contribution >= 4 is 23.6 Å². The Labute approximate surface area is 121 Å². The number of nitrogens with zero attached hydrogens (tertiary/aromatic N) is 2. The van der Waals surface area contributed by atoms with E-state index in [-0.39, 0.29) is 35.5 Å². The number of carboxylic acids is 1. The SMILES string of the molecule is C[C@H](N)[C@H]1C(=O)N2C(C(=O)O)=C(SCCC#N)[C@H](C)[C@H]12. The molecule has 2 heterocycles. The van der Waals surface area contributed by atoms with Gasteiger partial charge in [-0.3, -0.25) is 4.79 Å². The molecule has 2 aliphatic rings. The number of thioether (sulfide) groups is 1. The van der Waals surface area contributed by atoms with E-state index >= 15 is 0 Å². The van der Waals surface area contributed by atoms with Crippen LogP contribution >= 0.6 is 11.8 Å². The number of carboxylic acid groups (broad SMARTS) is 1. The monoisotopic (exact) mass is 295 g/mol. The van der Waals surface area contributed by atoms with Crippen LogP contribution in [0.2, 0.25) is 0 Å². The molecule has 4 atom stereocenters. The van der Waals surface area contributed by atoms with E-state index in [0.29, 0.717) is 17.1 Å². The fourth-order valence-electron chi connectivity index (χ4n) is 2.97. The van der Waals surface area contributed by atoms with Crippen LogP contribution in [-0.4, -0.2) is 39.7 Å². The average Bonchev–Trinajstić information content (AvgIpc) is 2.60. The first-order valence-corrected chi connectivity index (χ1v) is 7.46. The van der Waals surface area contributed by atoms with Crippen molar-refractivity contribution in [2.45, 2.75) is 32.4 Å². The van der Waals surface area contributed by atoms with Crippen LogP contribution in [0.25, 0.3) is 0 Å². The molecule has 7 heteroatoms. The fourth-order valence-corrected chi connectivity index (χ4v) is 4.10. The highest BCUT2D eigenvalue weighted by Crippen LogP contribution is 2.50. The Hall–Kier alpha value is -1.52. The van der Waals surface area contributed by atoms with Crippen LogP contribution in [0.3, 0.4) is 0 Å². The van der Waals surface area contributed by atoms with Crippen LogP contribution in [0.15, 0.2) is 10.6 Å². The van der Waals surface area contributed by atoms with Crippen molar-refractivity contribution in [1.82, 2.24) is 4.90 Å². The fraction of sp³-hybridized carbons (Fsp3) is 0.615. The predicted octanol–water partition coefficient (Wildman–Crippen LogP) is 0.753. The second-order valence-corrected chi connectivity index (χ2v) is 6.28. The number of hydrogen-bond acceptors (Lipinski definition) is 5. The summed E-state index contributed by atoms with van der Waals surface area (Å²) in [6, 6.07) is 1.59. The molecule has 108 valence electrons. The number of carbonyl (C=O) groups is 2. The van der Waals surface area contributed by atoms with E-state index in [1.54, 1.807) is 6.92 Å². The normalized spacial score (nSPS) is 29.8. The summed E-state index contributed by atoms with van der Waals surface area (Å²) in [5.41, 5.74) is 5.91. The van der Waals surface area contributed by atoms with Gasteiger partial charge in [-0.05, 0) is 6.92 Å². The first kappa shape index (κ1) is 14.9. The number of carbonyl (C=O) groups excluding carboxylic acids is 1. The Bertz CT molecular complexity index is 523. The van der Waals surface area contributed by atoms with E-state index in [0.717, 1.165) is 0 Å². The summed E-state index contributed by atoms with van der Waals surface area (Å²) >= 11 is 1.36. The minimum absolute atomic E-state index is 0.0431. The molecule has 0 unspecified atom stereocenters. The van der Waals surface area contributed by atoms with Gasteiger partial charge in [-0.2, -0.15) is 5.26 Å². The largest absolute Gasteiger partial charge is 0.477 e. The van der Waals surface area contributed by atoms with Crippen LogP contribution in [0.5, 0.6) is 0 Å². The second-order valence-electron chi connectivity index (χ2n) is 5.15. The van der Waals surface area contributed by atoms with Gasteiger partial charge in [0.2, 0.25) is 5.91 Å². The molecule has 3 N–H and O–H groups in total. The number of hydrogen-bond donors (Lipinski definition) is 2. The van der Waals surface area contributed by atoms with Crippen molar-refractivity contribution in [2.75, 3.05) is 5.75 Å². The molecule has 0 saturated carbocycles. The second kappa shape index (κ2) is 5.46. The van der Waals surface area contributed by atoms with Gasteiger partial charge >= 0.3 is 5.97 Å². The van der Waals surface area contributed by atoms with E-state index in [4.69, 9.17) is 11.0 Å². The highest BCUT2D eigenvalue weighted by molar-refractivity contribution is 8.03. The number of rotatable bonds is 5. The van der Waals surface area contributed by atoms with E-state index in [9.17, 15) is 14.7 Å². The van der Waals surface area contributed by atoms with Gasteiger partial charge in [0, 0.05) is 29.0 Å². The Balaban J connectivity index is 2.28. The molecule has 0 bridgehead atoms. The van der Waals surface area contributed by atoms with Crippen molar-refractivity contribution in [3.63, 3.8) is 0 Å². The molecule has 0 aromatic heterocycles. The van der Waals surface area contributed by atoms with Gasteiger partial charge in [0.05, 0.1) is 18.0 Å². The Morgan fingerprint density at radius 1 is 1.65 bits per heavy atom. The lowest BCUT2D eigenvalue weighted by Crippen LogP contribution is -2.65. The molecule has 1 saturated heterocycles. The van der Waals surface area contributed by atoms with Gasteiger partial charge < -0.3 is 15.7 Å². The molecule has 0 aromatic carbocycles. The van der Waals surface area contributed by atoms with E-state index < -0.39 is 5.97 Å². The third-order valence-electron chi connectivity index (χ3n) is 3.83. The minimum Gasteiger partial charge on any atom is -0.477 e. The summed E-state index contributed by atoms with van der Waals surface area (Å²) in [7, 11) is 0. The first-order chi connectivity index (χ1) is 9.41. The lowest BCUT2D eigenvalue weighted by atomic mass is 9.78. The van der Waals surface area contributed by atoms with Crippen LogP contribution in [0.4, 0.5) is 0 Å². The molecule has 6 nitrogen and oxygen atoms in total. The number of nitrogens with two attached hydrogens (primary N) is 1. The van der Waals surface area contributed by atoms with E-state index in [1.165, 1.54) is 16.7 Å². The number of amides is 1. The number of aliphatic carboxylic acids is 1. The van der Waals surface area contributed by atoms with Crippen molar-refractivity contribution in [2.24, 2.45) is 17.6 Å². The molecule has 0 radical (unpaired) electrons. The lowest BCUT2D eigenvalue weighted by molar-refractivity contribution is -0.157. The average molecular weight is 295 g/mol. The first-order valence-electron chi connectivity index (χ1n) is 6.47. The lowest BCUT2D eigenvalue weighted by Gasteiger charge is -2.46. The zero-order valence-corrected chi connectivity index (χ0v) is 12.2. The van der Waals surface area contributed by atoms with Crippen molar-refractivity contribution in [3.8, 4) is 6.07 Å². The highest BCUT2D eigenvalue weighted by Gasteiger charge is 2.59. The number of fused-ring (bicyclic) bond motifs is 1. The molecule has 0 aliphatic carbocycles. The summed E-state index contributed by atoms with van der Waals surface area (Å²) in [6.45, 7) is 3.69. The molecule has 2 rings (SSSR count). The molecular formula is C13H17N3O3S. The van der Waals surface area contributed by atoms with Crippen LogP contribution in [-0.2, 0) is 9.59 Å². The Morgan fingerprint density at radius 2 is 2.30 bits per heavy atom. The van der Waals surface area contributed by atoms with E-state index in [1.807, 2.05) is 13.0 Å². The zero-order chi connectivity index (χ0) is 15.0. The van der Waals surface area contributed by atoms with Gasteiger partial charge in [0.25, 0.3) is 0 Å². The molecule has 2 aliphatic heterocycles. The molecule has 1 fully saturated rings. The smallest absolute Gasteiger partial charge is 0.353 e. The van der Waals surface area contributed by atoms with Gasteiger partial charge in [-0.25, -0.2) is 4.79 Å². The standard InChI is InChI=1S/C13H17N3O3S/c1-6-9-8(7(2)15)12(17)16(9)10(13(18)19)11(6)20-5-3-4-14/h6-9H,3,5,15H2,1-2H3,(H,18,19)/t6-,7+,8-,9-/m1/s1. The van der Waals surface area contributed by atoms with Crippen molar-refractivity contribution in [1.29, 1.82) is 5.26 Å². The quantitative estimate of drug-likeness (QED) is 0.572. The maximum absolute atomic E-state index is 12.1. The van der Waals surface area contributed by atoms with Crippen molar-refractivity contribution < 1.29 is 14.7 Å². The summed E-state index contributed by atoms with van der Waals surface area (Å²) < 4.78 is 0. The van der Waals surface area contributed by atoms with Gasteiger partial charge in [-0.15, -0.1) is 11.8 Å². The molecular weight excluding hydrogens is 278 g/mol. The van der Waals surface area contributed by atoms with E-state index in [2.05, 4.69) is 0 Å². The summed E-state index contributed by atoms with van der Waals surface area (Å²) in [5.74, 6) is -1.11. The summed E-state index contributed by atoms with van der Waals surface area (Å²) in [5, 5.41) is 17.9. The summed E-state index contributed by atoms with van der Waals surface area (Å²) in [4.78, 5) is 25.6. The maximum Gasteiger partial charge on any atom is 0.353 e. The third kappa shape index (κ3) is 2.09. The molecule has 1 amide bonds. The zero-order valence-electron chi connectivity index (χ0n) is 11.4. The van der Waals surface area contributed by atoms with Crippen molar-refractivity contribution in [3.05, 3.63) is 10.6 Å². The number of β-lactam (4-membered cyclic amide) rings is 1. The van der Waals surface area contributed by atoms with Crippen LogP contribution in [0, 0.1) is 23.2 Å². The third-order valence-corrected chi connectivity index (χ3v) is 5.11. The van der Waals surface area contributed by atoms with Gasteiger partial charge in [0.15, 0.2) is 0 Å². The Morgan fingerprint density at radius 3 is 2.80 bits per heavy atom. The molecule has 20 heavy (non-hydrogen) atoms. The maximum atomic E-state index is 12.1. The minimum atomic E-state index is -1.09. The van der Waals surface area contributed by atoms with Crippen LogP contribution in [0.1, 0.15) is 20.3 Å². The van der Waals surface area contributed by atoms with Crippen LogP contribution < -0.4 is 5.73 Å². The van der Waals surface area contributed by atoms with Gasteiger partial charge in [-0.1, -0.05) is 6.92 Å². The predicted molar refractivity (Wildman–Crippen MR) is 74.3 cm³/mol. The highest BCUT2D eigenvalue weighted by atomic mass is 32.2. The topological polar surface area (TPSA) is 107 Å². The Kier molecular flexibility index (Phi) is 4.06.